The molecule has 1 N–H and O–H groups in total. The van der Waals surface area contributed by atoms with Crippen LogP contribution in [0.3, 0.4) is 0 Å². The van der Waals surface area contributed by atoms with E-state index in [2.05, 4.69) is 15.3 Å². The smallest absolute Gasteiger partial charge is 0.307 e. The van der Waals surface area contributed by atoms with Crippen molar-refractivity contribution in [1.82, 2.24) is 9.97 Å². The lowest BCUT2D eigenvalue weighted by Crippen LogP contribution is -2.21. The third kappa shape index (κ3) is 4.99. The molecule has 1 rings (SSSR count). The van der Waals surface area contributed by atoms with Gasteiger partial charge in [-0.05, 0) is 20.8 Å². The lowest BCUT2D eigenvalue weighted by molar-refractivity contribution is -0.143. The molecule has 0 saturated carbocycles. The molecule has 1 unspecified atom stereocenters. The number of esters is 1. The summed E-state index contributed by atoms with van der Waals surface area (Å²) >= 11 is 5.81. The van der Waals surface area contributed by atoms with Gasteiger partial charge >= 0.3 is 5.97 Å². The minimum Gasteiger partial charge on any atom is -0.466 e. The number of nitrogens with one attached hydrogen (secondary N) is 1. The van der Waals surface area contributed by atoms with Crippen LogP contribution < -0.4 is 5.32 Å². The van der Waals surface area contributed by atoms with Crippen molar-refractivity contribution in [3.05, 3.63) is 17.0 Å². The molecule has 0 amide bonds. The van der Waals surface area contributed by atoms with Gasteiger partial charge < -0.3 is 10.1 Å². The fourth-order valence-corrected chi connectivity index (χ4v) is 1.60. The van der Waals surface area contributed by atoms with Gasteiger partial charge in [-0.1, -0.05) is 11.6 Å². The molecule has 5 nitrogen and oxygen atoms in total. The van der Waals surface area contributed by atoms with E-state index in [1.807, 2.05) is 6.92 Å². The molecule has 0 bridgehead atoms. The number of aryl methyl sites for hydroxylation is 1. The molecule has 17 heavy (non-hydrogen) atoms. The first-order valence-electron chi connectivity index (χ1n) is 5.44. The van der Waals surface area contributed by atoms with Gasteiger partial charge in [0.1, 0.15) is 16.8 Å². The zero-order valence-electron chi connectivity index (χ0n) is 10.2. The van der Waals surface area contributed by atoms with Crippen molar-refractivity contribution in [2.45, 2.75) is 33.2 Å². The van der Waals surface area contributed by atoms with Crippen molar-refractivity contribution in [1.29, 1.82) is 0 Å². The van der Waals surface area contributed by atoms with Crippen molar-refractivity contribution in [3.8, 4) is 0 Å². The summed E-state index contributed by atoms with van der Waals surface area (Å²) in [6, 6.07) is 1.55. The molecule has 0 aliphatic rings. The molecule has 0 aliphatic carbocycles. The van der Waals surface area contributed by atoms with Gasteiger partial charge in [0.25, 0.3) is 0 Å². The molecular weight excluding hydrogens is 242 g/mol. The Morgan fingerprint density at radius 1 is 1.59 bits per heavy atom. The number of hydrogen-bond donors (Lipinski definition) is 1. The average Bonchev–Trinajstić information content (AvgIpc) is 2.14. The zero-order valence-corrected chi connectivity index (χ0v) is 10.9. The van der Waals surface area contributed by atoms with Crippen molar-refractivity contribution in [3.63, 3.8) is 0 Å². The first-order chi connectivity index (χ1) is 8.01. The maximum Gasteiger partial charge on any atom is 0.307 e. The van der Waals surface area contributed by atoms with Crippen molar-refractivity contribution >= 4 is 23.4 Å². The Kier molecular flexibility index (Phi) is 5.15. The van der Waals surface area contributed by atoms with Crippen LogP contribution in [0.5, 0.6) is 0 Å². The van der Waals surface area contributed by atoms with Gasteiger partial charge in [0.15, 0.2) is 0 Å². The molecule has 1 aromatic heterocycles. The second-order valence-electron chi connectivity index (χ2n) is 3.68. The highest BCUT2D eigenvalue weighted by Gasteiger charge is 2.10. The van der Waals surface area contributed by atoms with Crippen molar-refractivity contribution in [2.75, 3.05) is 11.9 Å². The number of ether oxygens (including phenoxy) is 1. The Hall–Kier alpha value is -1.36. The Balaban J connectivity index is 2.55. The Labute approximate surface area is 106 Å². The minimum absolute atomic E-state index is 0.0700. The monoisotopic (exact) mass is 257 g/mol. The number of aromatic nitrogens is 2. The van der Waals surface area contributed by atoms with E-state index >= 15 is 0 Å². The van der Waals surface area contributed by atoms with Gasteiger partial charge in [-0.2, -0.15) is 0 Å². The molecule has 0 fully saturated rings. The van der Waals surface area contributed by atoms with Gasteiger partial charge in [0.2, 0.25) is 0 Å². The second kappa shape index (κ2) is 6.39. The number of carbonyl (C=O) groups excluding carboxylic acids is 1. The summed E-state index contributed by atoms with van der Waals surface area (Å²) in [7, 11) is 0. The highest BCUT2D eigenvalue weighted by atomic mass is 35.5. The minimum atomic E-state index is -0.232. The van der Waals surface area contributed by atoms with Crippen molar-refractivity contribution in [2.24, 2.45) is 0 Å². The molecular formula is C11H16ClN3O2. The van der Waals surface area contributed by atoms with E-state index in [9.17, 15) is 4.79 Å². The van der Waals surface area contributed by atoms with Gasteiger partial charge in [0, 0.05) is 12.1 Å². The summed E-state index contributed by atoms with van der Waals surface area (Å²) in [5.41, 5.74) is 0. The molecule has 0 saturated heterocycles. The molecule has 0 aromatic carbocycles. The van der Waals surface area contributed by atoms with E-state index in [-0.39, 0.29) is 18.4 Å². The van der Waals surface area contributed by atoms with Crippen LogP contribution in [-0.2, 0) is 9.53 Å². The van der Waals surface area contributed by atoms with Gasteiger partial charge in [0.05, 0.1) is 13.0 Å². The fraction of sp³-hybridized carbons (Fsp3) is 0.545. The second-order valence-corrected chi connectivity index (χ2v) is 4.06. The molecule has 1 heterocycles. The van der Waals surface area contributed by atoms with E-state index in [0.29, 0.717) is 23.4 Å². The molecule has 1 atom stereocenters. The van der Waals surface area contributed by atoms with Crippen LogP contribution in [0.25, 0.3) is 0 Å². The third-order valence-corrected chi connectivity index (χ3v) is 2.17. The first kappa shape index (κ1) is 13.7. The Morgan fingerprint density at radius 2 is 2.29 bits per heavy atom. The number of rotatable bonds is 5. The highest BCUT2D eigenvalue weighted by Crippen LogP contribution is 2.13. The van der Waals surface area contributed by atoms with Crippen LogP contribution in [-0.4, -0.2) is 28.6 Å². The van der Waals surface area contributed by atoms with E-state index in [4.69, 9.17) is 16.3 Å². The Morgan fingerprint density at radius 3 is 2.88 bits per heavy atom. The number of hydrogen-bond acceptors (Lipinski definition) is 5. The van der Waals surface area contributed by atoms with E-state index in [0.717, 1.165) is 0 Å². The summed E-state index contributed by atoms with van der Waals surface area (Å²) in [6.07, 6.45) is 0.286. The van der Waals surface area contributed by atoms with E-state index in [1.165, 1.54) is 0 Å². The number of halogens is 1. The SMILES string of the molecule is CCOC(=O)CC(C)Nc1cc(Cl)nc(C)n1. The predicted octanol–water partition coefficient (Wildman–Crippen LogP) is 2.19. The van der Waals surface area contributed by atoms with Gasteiger partial charge in [-0.15, -0.1) is 0 Å². The first-order valence-corrected chi connectivity index (χ1v) is 5.82. The molecule has 0 aliphatic heterocycles. The lowest BCUT2D eigenvalue weighted by Gasteiger charge is -2.13. The maximum absolute atomic E-state index is 11.3. The topological polar surface area (TPSA) is 64.1 Å². The molecule has 1 aromatic rings. The largest absolute Gasteiger partial charge is 0.466 e. The quantitative estimate of drug-likeness (QED) is 0.647. The van der Waals surface area contributed by atoms with Crippen LogP contribution >= 0.6 is 11.6 Å². The number of anilines is 1. The fourth-order valence-electron chi connectivity index (χ4n) is 1.38. The van der Waals surface area contributed by atoms with Gasteiger partial charge in [-0.25, -0.2) is 9.97 Å². The summed E-state index contributed by atoms with van der Waals surface area (Å²) < 4.78 is 4.86. The molecule has 6 heteroatoms. The molecule has 94 valence electrons. The van der Waals surface area contributed by atoms with Crippen LogP contribution in [0.4, 0.5) is 5.82 Å². The van der Waals surface area contributed by atoms with Gasteiger partial charge in [-0.3, -0.25) is 4.79 Å². The van der Waals surface area contributed by atoms with Crippen molar-refractivity contribution < 1.29 is 9.53 Å². The lowest BCUT2D eigenvalue weighted by atomic mass is 10.2. The normalized spacial score (nSPS) is 12.0. The predicted molar refractivity (Wildman–Crippen MR) is 66.1 cm³/mol. The molecule has 0 radical (unpaired) electrons. The summed E-state index contributed by atoms with van der Waals surface area (Å²) in [5.74, 6) is 0.965. The summed E-state index contributed by atoms with van der Waals surface area (Å²) in [6.45, 7) is 5.81. The Bertz CT molecular complexity index is 378. The summed E-state index contributed by atoms with van der Waals surface area (Å²) in [5, 5.41) is 3.45. The number of nitrogens with zero attached hydrogens (tertiary/aromatic N) is 2. The third-order valence-electron chi connectivity index (χ3n) is 1.98. The molecule has 0 spiro atoms. The maximum atomic E-state index is 11.3. The van der Waals surface area contributed by atoms with Crippen LogP contribution in [0, 0.1) is 6.92 Å². The van der Waals surface area contributed by atoms with Crippen LogP contribution in [0.1, 0.15) is 26.1 Å². The standard InChI is InChI=1S/C11H16ClN3O2/c1-4-17-11(16)5-7(2)13-10-6-9(12)14-8(3)15-10/h6-7H,4-5H2,1-3H3,(H,13,14,15). The number of carbonyl (C=O) groups is 1. The van der Waals surface area contributed by atoms with Crippen LogP contribution in [0.15, 0.2) is 6.07 Å². The highest BCUT2D eigenvalue weighted by molar-refractivity contribution is 6.29. The summed E-state index contributed by atoms with van der Waals surface area (Å²) in [4.78, 5) is 19.4. The van der Waals surface area contributed by atoms with Crippen LogP contribution in [0.2, 0.25) is 5.15 Å². The van der Waals surface area contributed by atoms with E-state index in [1.54, 1.807) is 19.9 Å². The van der Waals surface area contributed by atoms with E-state index < -0.39 is 0 Å². The zero-order chi connectivity index (χ0) is 12.8. The average molecular weight is 258 g/mol.